The van der Waals surface area contributed by atoms with Crippen molar-refractivity contribution in [2.45, 2.75) is 6.42 Å². The average Bonchev–Trinajstić information content (AvgIpc) is 2.90. The molecule has 18 heavy (non-hydrogen) atoms. The lowest BCUT2D eigenvalue weighted by Gasteiger charge is -2.11. The predicted octanol–water partition coefficient (Wildman–Crippen LogP) is 2.59. The van der Waals surface area contributed by atoms with Gasteiger partial charge in [0.2, 0.25) is 0 Å². The Morgan fingerprint density at radius 3 is 2.78 bits per heavy atom. The number of aromatic nitrogens is 1. The van der Waals surface area contributed by atoms with Crippen LogP contribution in [0, 0.1) is 0 Å². The molecule has 1 aromatic heterocycles. The Balaban J connectivity index is 2.29. The molecule has 0 amide bonds. The fourth-order valence-electron chi connectivity index (χ4n) is 1.68. The number of nitrogens with zero attached hydrogens (tertiary/aromatic N) is 1. The minimum Gasteiger partial charge on any atom is -0.493 e. The van der Waals surface area contributed by atoms with Crippen LogP contribution < -0.4 is 9.47 Å². The molecule has 0 atom stereocenters. The van der Waals surface area contributed by atoms with Gasteiger partial charge in [0.15, 0.2) is 17.3 Å². The lowest BCUT2D eigenvalue weighted by molar-refractivity contribution is 0.0989. The molecule has 0 radical (unpaired) electrons. The first-order valence-corrected chi connectivity index (χ1v) is 6.26. The fraction of sp³-hybridized carbons (Fsp3) is 0.231. The lowest BCUT2D eigenvalue weighted by Crippen LogP contribution is -2.06. The Labute approximate surface area is 109 Å². The molecule has 0 bridgehead atoms. The summed E-state index contributed by atoms with van der Waals surface area (Å²) in [6.07, 6.45) is 1.97. The highest BCUT2D eigenvalue weighted by atomic mass is 32.1. The largest absolute Gasteiger partial charge is 0.493 e. The zero-order valence-electron chi connectivity index (χ0n) is 10.2. The number of methoxy groups -OCH3 is 2. The van der Waals surface area contributed by atoms with Gasteiger partial charge in [-0.3, -0.25) is 4.79 Å². The maximum Gasteiger partial charge on any atom is 0.173 e. The Bertz CT molecular complexity index is 537. The molecule has 0 fully saturated rings. The Morgan fingerprint density at radius 1 is 1.33 bits per heavy atom. The van der Waals surface area contributed by atoms with E-state index in [0.717, 1.165) is 5.01 Å². The third-order valence-electron chi connectivity index (χ3n) is 2.50. The molecule has 0 aliphatic rings. The lowest BCUT2D eigenvalue weighted by atomic mass is 10.1. The van der Waals surface area contributed by atoms with E-state index in [-0.39, 0.29) is 12.2 Å². The number of rotatable bonds is 5. The van der Waals surface area contributed by atoms with Gasteiger partial charge in [-0.15, -0.1) is 11.3 Å². The fourth-order valence-corrected chi connectivity index (χ4v) is 2.29. The highest BCUT2D eigenvalue weighted by Crippen LogP contribution is 2.31. The van der Waals surface area contributed by atoms with Crippen LogP contribution in [0.4, 0.5) is 0 Å². The number of ether oxygens (including phenoxy) is 2. The van der Waals surface area contributed by atoms with Crippen molar-refractivity contribution in [2.75, 3.05) is 14.2 Å². The Morgan fingerprint density at radius 2 is 2.17 bits per heavy atom. The minimum absolute atomic E-state index is 0.0271. The second-order valence-electron chi connectivity index (χ2n) is 3.57. The zero-order chi connectivity index (χ0) is 13.0. The van der Waals surface area contributed by atoms with E-state index in [1.807, 2.05) is 5.38 Å². The van der Waals surface area contributed by atoms with Crippen LogP contribution >= 0.6 is 11.3 Å². The third kappa shape index (κ3) is 2.51. The van der Waals surface area contributed by atoms with Gasteiger partial charge in [-0.2, -0.15) is 0 Å². The SMILES string of the molecule is COc1cccc(C(=O)Cc2nccs2)c1OC. The van der Waals surface area contributed by atoms with E-state index >= 15 is 0 Å². The minimum atomic E-state index is -0.0271. The highest BCUT2D eigenvalue weighted by molar-refractivity contribution is 7.09. The summed E-state index contributed by atoms with van der Waals surface area (Å²) in [6.45, 7) is 0. The van der Waals surface area contributed by atoms with Gasteiger partial charge in [-0.05, 0) is 12.1 Å². The monoisotopic (exact) mass is 263 g/mol. The smallest absolute Gasteiger partial charge is 0.173 e. The number of carbonyl (C=O) groups excluding carboxylic acids is 1. The molecule has 0 spiro atoms. The number of hydrogen-bond acceptors (Lipinski definition) is 5. The Hall–Kier alpha value is -1.88. The molecule has 0 saturated heterocycles. The van der Waals surface area contributed by atoms with E-state index in [1.165, 1.54) is 18.4 Å². The van der Waals surface area contributed by atoms with E-state index in [2.05, 4.69) is 4.98 Å². The molecule has 0 aliphatic heterocycles. The van der Waals surface area contributed by atoms with Gasteiger partial charge in [-0.1, -0.05) is 6.07 Å². The first-order valence-electron chi connectivity index (χ1n) is 5.38. The second kappa shape index (κ2) is 5.64. The number of ketones is 1. The molecule has 0 unspecified atom stereocenters. The molecule has 4 nitrogen and oxygen atoms in total. The van der Waals surface area contributed by atoms with Crippen LogP contribution in [0.2, 0.25) is 0 Å². The summed E-state index contributed by atoms with van der Waals surface area (Å²) in [7, 11) is 3.07. The number of carbonyl (C=O) groups is 1. The quantitative estimate of drug-likeness (QED) is 0.778. The summed E-state index contributed by atoms with van der Waals surface area (Å²) in [4.78, 5) is 16.3. The molecule has 2 aromatic rings. The summed E-state index contributed by atoms with van der Waals surface area (Å²) in [5.74, 6) is 1.00. The topological polar surface area (TPSA) is 48.4 Å². The predicted molar refractivity (Wildman–Crippen MR) is 69.7 cm³/mol. The van der Waals surface area contributed by atoms with Crippen LogP contribution in [0.1, 0.15) is 15.4 Å². The summed E-state index contributed by atoms with van der Waals surface area (Å²) in [5, 5.41) is 2.65. The average molecular weight is 263 g/mol. The van der Waals surface area contributed by atoms with Crippen LogP contribution in [-0.2, 0) is 6.42 Å². The summed E-state index contributed by atoms with van der Waals surface area (Å²) >= 11 is 1.47. The van der Waals surface area contributed by atoms with E-state index in [4.69, 9.17) is 9.47 Å². The van der Waals surface area contributed by atoms with E-state index < -0.39 is 0 Å². The van der Waals surface area contributed by atoms with Crippen LogP contribution in [-0.4, -0.2) is 25.0 Å². The van der Waals surface area contributed by atoms with Crippen molar-refractivity contribution in [3.63, 3.8) is 0 Å². The van der Waals surface area contributed by atoms with Gasteiger partial charge in [0.05, 0.1) is 26.2 Å². The molecule has 0 aliphatic carbocycles. The van der Waals surface area contributed by atoms with Crippen molar-refractivity contribution < 1.29 is 14.3 Å². The van der Waals surface area contributed by atoms with Crippen molar-refractivity contribution in [3.8, 4) is 11.5 Å². The number of thiazole rings is 1. The maximum absolute atomic E-state index is 12.2. The standard InChI is InChI=1S/C13H13NO3S/c1-16-11-5-3-4-9(13(11)17-2)10(15)8-12-14-6-7-18-12/h3-7H,8H2,1-2H3. The zero-order valence-corrected chi connectivity index (χ0v) is 11.0. The normalized spacial score (nSPS) is 10.1. The summed E-state index contributed by atoms with van der Waals surface area (Å²) in [6, 6.07) is 5.27. The van der Waals surface area contributed by atoms with Gasteiger partial charge >= 0.3 is 0 Å². The van der Waals surface area contributed by atoms with Crippen molar-refractivity contribution in [1.82, 2.24) is 4.98 Å². The maximum atomic E-state index is 12.2. The summed E-state index contributed by atoms with van der Waals surface area (Å²) in [5.41, 5.74) is 0.520. The van der Waals surface area contributed by atoms with Crippen LogP contribution in [0.5, 0.6) is 11.5 Å². The molecule has 1 heterocycles. The third-order valence-corrected chi connectivity index (χ3v) is 3.28. The molecule has 2 rings (SSSR count). The molecule has 0 N–H and O–H groups in total. The molecular formula is C13H13NO3S. The molecule has 0 saturated carbocycles. The van der Waals surface area contributed by atoms with Crippen molar-refractivity contribution in [1.29, 1.82) is 0 Å². The van der Waals surface area contributed by atoms with Crippen molar-refractivity contribution in [2.24, 2.45) is 0 Å². The summed E-state index contributed by atoms with van der Waals surface area (Å²) < 4.78 is 10.4. The first kappa shape index (κ1) is 12.6. The number of para-hydroxylation sites is 1. The van der Waals surface area contributed by atoms with Gasteiger partial charge in [0, 0.05) is 11.6 Å². The van der Waals surface area contributed by atoms with Gasteiger partial charge in [0.25, 0.3) is 0 Å². The Kier molecular flexibility index (Phi) is 3.94. The molecule has 1 aromatic carbocycles. The van der Waals surface area contributed by atoms with E-state index in [0.29, 0.717) is 17.1 Å². The number of benzene rings is 1. The van der Waals surface area contributed by atoms with Crippen LogP contribution in [0.3, 0.4) is 0 Å². The highest BCUT2D eigenvalue weighted by Gasteiger charge is 2.17. The first-order chi connectivity index (χ1) is 8.76. The number of Topliss-reactive ketones (excluding diaryl/α,β-unsaturated/α-hetero) is 1. The van der Waals surface area contributed by atoms with E-state index in [1.54, 1.807) is 31.5 Å². The molecule has 94 valence electrons. The van der Waals surface area contributed by atoms with Crippen molar-refractivity contribution >= 4 is 17.1 Å². The van der Waals surface area contributed by atoms with Gasteiger partial charge in [-0.25, -0.2) is 4.98 Å². The van der Waals surface area contributed by atoms with Crippen LogP contribution in [0.15, 0.2) is 29.8 Å². The van der Waals surface area contributed by atoms with Crippen LogP contribution in [0.25, 0.3) is 0 Å². The molecule has 5 heteroatoms. The van der Waals surface area contributed by atoms with E-state index in [9.17, 15) is 4.79 Å². The van der Waals surface area contributed by atoms with Gasteiger partial charge < -0.3 is 9.47 Å². The molecular weight excluding hydrogens is 250 g/mol. The number of hydrogen-bond donors (Lipinski definition) is 0. The van der Waals surface area contributed by atoms with Crippen molar-refractivity contribution in [3.05, 3.63) is 40.3 Å². The van der Waals surface area contributed by atoms with Gasteiger partial charge in [0.1, 0.15) is 5.01 Å². The second-order valence-corrected chi connectivity index (χ2v) is 4.55.